The Morgan fingerprint density at radius 2 is 2.14 bits per heavy atom. The monoisotopic (exact) mass is 123 g/mol. The molecule has 0 saturated heterocycles. The molecule has 0 aliphatic rings. The van der Waals surface area contributed by atoms with Crippen molar-refractivity contribution in [3.05, 3.63) is 0 Å². The molecule has 0 bridgehead atoms. The van der Waals surface area contributed by atoms with Crippen molar-refractivity contribution in [3.8, 4) is 0 Å². The van der Waals surface area contributed by atoms with Crippen LogP contribution >= 0.6 is 7.75 Å². The lowest BCUT2D eigenvalue weighted by Gasteiger charge is -1.88. The summed E-state index contributed by atoms with van der Waals surface area (Å²) in [5, 5.41) is 0. The molecular weight excluding hydrogens is 117 g/mol. The smallest absolute Gasteiger partial charge is 0.307 e. The van der Waals surface area contributed by atoms with Crippen LogP contribution in [-0.4, -0.2) is 16.0 Å². The first kappa shape index (κ1) is 6.82. The molecule has 0 rings (SSSR count). The first-order valence-corrected chi connectivity index (χ1v) is 3.18. The molecule has 42 valence electrons. The van der Waals surface area contributed by atoms with Gasteiger partial charge in [0.15, 0.2) is 0 Å². The van der Waals surface area contributed by atoms with Crippen LogP contribution in [0.2, 0.25) is 0 Å². The van der Waals surface area contributed by atoms with Crippen LogP contribution in [0.25, 0.3) is 0 Å². The van der Waals surface area contributed by atoms with Gasteiger partial charge in [-0.1, -0.05) is 0 Å². The van der Waals surface area contributed by atoms with Gasteiger partial charge in [-0.2, -0.15) is 4.76 Å². The summed E-state index contributed by atoms with van der Waals surface area (Å²) in [5.74, 6) is 0. The predicted octanol–water partition coefficient (Wildman–Crippen LogP) is 0.170. The van der Waals surface area contributed by atoms with E-state index in [-0.39, 0.29) is 0 Å². The average molecular weight is 123 g/mol. The molecule has 0 atom stereocenters. The Balaban J connectivity index is 3.82. The van der Waals surface area contributed by atoms with E-state index < -0.39 is 7.75 Å². The summed E-state index contributed by atoms with van der Waals surface area (Å²) in [6.45, 7) is 1.44. The molecule has 0 aromatic heterocycles. The van der Waals surface area contributed by atoms with Gasteiger partial charge >= 0.3 is 7.75 Å². The summed E-state index contributed by atoms with van der Waals surface area (Å²) in [6, 6.07) is 0. The van der Waals surface area contributed by atoms with Crippen LogP contribution in [0, 0.1) is 0 Å². The van der Waals surface area contributed by atoms with Crippen LogP contribution in [0.1, 0.15) is 6.92 Å². The molecule has 0 heterocycles. The lowest BCUT2D eigenvalue weighted by Crippen LogP contribution is -1.68. The van der Waals surface area contributed by atoms with Gasteiger partial charge in [-0.15, -0.1) is 0 Å². The Kier molecular flexibility index (Phi) is 2.15. The van der Waals surface area contributed by atoms with E-state index in [9.17, 15) is 4.57 Å². The van der Waals surface area contributed by atoms with Crippen LogP contribution in [0.3, 0.4) is 0 Å². The minimum absolute atomic E-state index is 1.07. The zero-order valence-electron chi connectivity index (χ0n) is 3.77. The van der Waals surface area contributed by atoms with Crippen LogP contribution in [-0.2, 0) is 4.57 Å². The average Bonchev–Trinajstić information content (AvgIpc) is 1.30. The largest absolute Gasteiger partial charge is 0.448 e. The van der Waals surface area contributed by atoms with E-state index in [1.165, 1.54) is 6.92 Å². The Morgan fingerprint density at radius 3 is 2.14 bits per heavy atom. The number of hydrogen-bond acceptors (Lipinski definition) is 1. The van der Waals surface area contributed by atoms with E-state index in [1.807, 2.05) is 0 Å². The lowest BCUT2D eigenvalue weighted by molar-refractivity contribution is 0.375. The molecule has 0 fully saturated rings. The molecule has 5 heteroatoms. The van der Waals surface area contributed by atoms with Crippen molar-refractivity contribution >= 4 is 14.0 Å². The number of hydrogen-bond donors (Lipinski definition) is 2. The fourth-order valence-corrected chi connectivity index (χ4v) is 0.451. The topological polar surface area (TPSA) is 69.9 Å². The molecule has 0 aromatic carbocycles. The van der Waals surface area contributed by atoms with Crippen molar-refractivity contribution in [2.45, 2.75) is 6.92 Å². The SMILES string of the molecule is CC=NP(=O)(O)O. The molecule has 0 aliphatic carbocycles. The predicted molar refractivity (Wildman–Crippen MR) is 26.2 cm³/mol. The third kappa shape index (κ3) is 5.82. The minimum atomic E-state index is -4.10. The van der Waals surface area contributed by atoms with Gasteiger partial charge in [0.25, 0.3) is 0 Å². The Morgan fingerprint density at radius 1 is 1.71 bits per heavy atom. The first-order valence-electron chi connectivity index (χ1n) is 1.62. The van der Waals surface area contributed by atoms with Crippen LogP contribution < -0.4 is 0 Å². The second-order valence-electron chi connectivity index (χ2n) is 0.887. The summed E-state index contributed by atoms with van der Waals surface area (Å²) < 4.78 is 12.5. The molecule has 4 nitrogen and oxygen atoms in total. The maximum Gasteiger partial charge on any atom is 0.448 e. The number of rotatable bonds is 1. The summed E-state index contributed by atoms with van der Waals surface area (Å²) in [4.78, 5) is 15.9. The maximum absolute atomic E-state index is 9.73. The van der Waals surface area contributed by atoms with Crippen molar-refractivity contribution in [2.75, 3.05) is 0 Å². The van der Waals surface area contributed by atoms with Gasteiger partial charge in [-0.05, 0) is 6.92 Å². The van der Waals surface area contributed by atoms with E-state index in [2.05, 4.69) is 4.76 Å². The maximum atomic E-state index is 9.73. The molecule has 0 aliphatic heterocycles. The van der Waals surface area contributed by atoms with Gasteiger partial charge in [0, 0.05) is 6.21 Å². The van der Waals surface area contributed by atoms with Crippen LogP contribution in [0.5, 0.6) is 0 Å². The fraction of sp³-hybridized carbons (Fsp3) is 0.500. The van der Waals surface area contributed by atoms with E-state index in [0.717, 1.165) is 6.21 Å². The highest BCUT2D eigenvalue weighted by Crippen LogP contribution is 2.34. The Hall–Kier alpha value is -0.180. The third-order valence-electron chi connectivity index (χ3n) is 0.266. The van der Waals surface area contributed by atoms with Gasteiger partial charge in [0.05, 0.1) is 0 Å². The highest BCUT2D eigenvalue weighted by atomic mass is 31.2. The molecule has 0 saturated carbocycles. The molecule has 2 N–H and O–H groups in total. The summed E-state index contributed by atoms with van der Waals surface area (Å²) in [6.07, 6.45) is 1.07. The van der Waals surface area contributed by atoms with E-state index in [1.54, 1.807) is 0 Å². The van der Waals surface area contributed by atoms with E-state index in [0.29, 0.717) is 0 Å². The van der Waals surface area contributed by atoms with Gasteiger partial charge in [-0.3, -0.25) is 0 Å². The molecular formula is C2H6NO3P. The lowest BCUT2D eigenvalue weighted by atomic mass is 10.9. The molecule has 7 heavy (non-hydrogen) atoms. The van der Waals surface area contributed by atoms with Crippen molar-refractivity contribution < 1.29 is 14.4 Å². The second-order valence-corrected chi connectivity index (χ2v) is 2.14. The molecule has 0 amide bonds. The van der Waals surface area contributed by atoms with E-state index in [4.69, 9.17) is 9.79 Å². The van der Waals surface area contributed by atoms with Crippen molar-refractivity contribution in [1.29, 1.82) is 0 Å². The van der Waals surface area contributed by atoms with Gasteiger partial charge < -0.3 is 9.79 Å². The van der Waals surface area contributed by atoms with Crippen LogP contribution in [0.4, 0.5) is 0 Å². The molecule has 0 spiro atoms. The van der Waals surface area contributed by atoms with Crippen LogP contribution in [0.15, 0.2) is 4.76 Å². The van der Waals surface area contributed by atoms with Gasteiger partial charge in [0.2, 0.25) is 0 Å². The fourth-order valence-electron chi connectivity index (χ4n) is 0.150. The van der Waals surface area contributed by atoms with Crippen molar-refractivity contribution in [2.24, 2.45) is 4.76 Å². The Labute approximate surface area is 41.1 Å². The highest BCUT2D eigenvalue weighted by Gasteiger charge is 2.04. The molecule has 0 aromatic rings. The quantitative estimate of drug-likeness (QED) is 0.385. The molecule has 0 radical (unpaired) electrons. The van der Waals surface area contributed by atoms with E-state index >= 15 is 0 Å². The van der Waals surface area contributed by atoms with Crippen molar-refractivity contribution in [1.82, 2.24) is 0 Å². The normalized spacial score (nSPS) is 13.0. The van der Waals surface area contributed by atoms with Gasteiger partial charge in [0.1, 0.15) is 0 Å². The minimum Gasteiger partial charge on any atom is -0.307 e. The van der Waals surface area contributed by atoms with Gasteiger partial charge in [-0.25, -0.2) is 4.57 Å². The zero-order chi connectivity index (χ0) is 5.91. The zero-order valence-corrected chi connectivity index (χ0v) is 4.67. The third-order valence-corrected chi connectivity index (χ3v) is 0.798. The standard InChI is InChI=1S/C2H6NO3P/c1-2-3-7(4,5)6/h2H,1H3,(H2,4,5,6). The first-order chi connectivity index (χ1) is 3.06. The summed E-state index contributed by atoms with van der Waals surface area (Å²) >= 11 is 0. The number of nitrogens with zero attached hydrogens (tertiary/aromatic N) is 1. The molecule has 0 unspecified atom stereocenters. The second kappa shape index (κ2) is 2.21. The highest BCUT2D eigenvalue weighted by molar-refractivity contribution is 7.50. The summed E-state index contributed by atoms with van der Waals surface area (Å²) in [5.41, 5.74) is 0. The summed E-state index contributed by atoms with van der Waals surface area (Å²) in [7, 11) is -4.10. The van der Waals surface area contributed by atoms with Crippen molar-refractivity contribution in [3.63, 3.8) is 0 Å². The Bertz CT molecular complexity index is 114.